The van der Waals surface area contributed by atoms with Crippen molar-refractivity contribution >= 4 is 44.9 Å². The minimum absolute atomic E-state index is 0.204. The molecule has 2 aliphatic rings. The number of aryl methyl sites for hydroxylation is 1. The SMILES string of the molecule is CC1CCN(C(=O)CSc2nnc3c4c5c(sc4nc(C(C)C)n23)C[C@H](C)CC5)CC1. The average molecular weight is 458 g/mol. The minimum Gasteiger partial charge on any atom is -0.342 e. The number of piperidine rings is 1. The summed E-state index contributed by atoms with van der Waals surface area (Å²) < 4.78 is 2.12. The Morgan fingerprint density at radius 2 is 1.94 bits per heavy atom. The molecule has 1 amide bonds. The van der Waals surface area contributed by atoms with Gasteiger partial charge >= 0.3 is 0 Å². The quantitative estimate of drug-likeness (QED) is 0.519. The second-order valence-electron chi connectivity index (χ2n) is 9.65. The number of thioether (sulfide) groups is 1. The predicted molar refractivity (Wildman–Crippen MR) is 127 cm³/mol. The largest absolute Gasteiger partial charge is 0.342 e. The number of amides is 1. The number of carbonyl (C=O) groups excluding carboxylic acids is 1. The molecule has 0 radical (unpaired) electrons. The van der Waals surface area contributed by atoms with Gasteiger partial charge in [-0.3, -0.25) is 9.20 Å². The van der Waals surface area contributed by atoms with Crippen molar-refractivity contribution in [1.82, 2.24) is 24.5 Å². The zero-order valence-electron chi connectivity index (χ0n) is 18.8. The van der Waals surface area contributed by atoms with Crippen molar-refractivity contribution in [2.24, 2.45) is 11.8 Å². The highest BCUT2D eigenvalue weighted by Gasteiger charge is 2.27. The number of fused-ring (bicyclic) bond motifs is 5. The molecule has 5 rings (SSSR count). The van der Waals surface area contributed by atoms with Crippen molar-refractivity contribution < 1.29 is 4.79 Å². The number of hydrogen-bond acceptors (Lipinski definition) is 6. The number of aromatic nitrogens is 4. The minimum atomic E-state index is 0.204. The van der Waals surface area contributed by atoms with E-state index in [0.29, 0.717) is 5.75 Å². The molecule has 0 aromatic carbocycles. The first kappa shape index (κ1) is 21.2. The second-order valence-corrected chi connectivity index (χ2v) is 11.7. The van der Waals surface area contributed by atoms with Gasteiger partial charge in [0.15, 0.2) is 10.8 Å². The molecule has 0 N–H and O–H groups in total. The predicted octanol–water partition coefficient (Wildman–Crippen LogP) is 4.94. The van der Waals surface area contributed by atoms with Crippen molar-refractivity contribution in [3.05, 3.63) is 16.3 Å². The summed E-state index contributed by atoms with van der Waals surface area (Å²) in [5.41, 5.74) is 2.34. The summed E-state index contributed by atoms with van der Waals surface area (Å²) in [5, 5.41) is 11.1. The number of thiophene rings is 1. The standard InChI is InChI=1S/C23H31N5OS2/c1-13(2)20-24-22-19(16-6-5-15(4)11-17(16)31-22)21-25-26-23(28(20)21)30-12-18(29)27-9-7-14(3)8-10-27/h13-15H,5-12H2,1-4H3/t15-/m1/s1. The van der Waals surface area contributed by atoms with E-state index in [4.69, 9.17) is 4.98 Å². The van der Waals surface area contributed by atoms with E-state index in [0.717, 1.165) is 72.1 Å². The van der Waals surface area contributed by atoms with Gasteiger partial charge in [0.25, 0.3) is 0 Å². The monoisotopic (exact) mass is 457 g/mol. The second kappa shape index (κ2) is 8.35. The fraction of sp³-hybridized carbons (Fsp3) is 0.652. The summed E-state index contributed by atoms with van der Waals surface area (Å²) in [4.78, 5) is 22.4. The van der Waals surface area contributed by atoms with Crippen LogP contribution in [0.5, 0.6) is 0 Å². The van der Waals surface area contributed by atoms with Crippen LogP contribution in [-0.4, -0.2) is 49.2 Å². The molecular weight excluding hydrogens is 426 g/mol. The van der Waals surface area contributed by atoms with E-state index < -0.39 is 0 Å². The van der Waals surface area contributed by atoms with E-state index in [2.05, 4.69) is 42.3 Å². The Kier molecular flexibility index (Phi) is 5.71. The lowest BCUT2D eigenvalue weighted by Crippen LogP contribution is -2.38. The van der Waals surface area contributed by atoms with Crippen molar-refractivity contribution in [3.8, 4) is 0 Å². The third-order valence-corrected chi connectivity index (χ3v) is 8.83. The lowest BCUT2D eigenvalue weighted by Gasteiger charge is -2.30. The van der Waals surface area contributed by atoms with Crippen LogP contribution in [0.2, 0.25) is 0 Å². The van der Waals surface area contributed by atoms with Gasteiger partial charge < -0.3 is 4.90 Å². The van der Waals surface area contributed by atoms with Crippen molar-refractivity contribution in [2.75, 3.05) is 18.8 Å². The Balaban J connectivity index is 1.49. The third-order valence-electron chi connectivity index (χ3n) is 6.77. The molecular formula is C23H31N5OS2. The van der Waals surface area contributed by atoms with Crippen LogP contribution in [0, 0.1) is 11.8 Å². The first-order valence-electron chi connectivity index (χ1n) is 11.5. The van der Waals surface area contributed by atoms with Gasteiger partial charge in [-0.1, -0.05) is 39.5 Å². The number of likely N-dealkylation sites (tertiary alicyclic amines) is 1. The number of rotatable bonds is 4. The van der Waals surface area contributed by atoms with Crippen LogP contribution in [-0.2, 0) is 17.6 Å². The Hall–Kier alpha value is -1.67. The van der Waals surface area contributed by atoms with Gasteiger partial charge in [-0.2, -0.15) is 0 Å². The van der Waals surface area contributed by atoms with Crippen LogP contribution in [0.15, 0.2) is 5.16 Å². The molecule has 0 bridgehead atoms. The molecule has 3 aromatic rings. The summed E-state index contributed by atoms with van der Waals surface area (Å²) in [6.07, 6.45) is 5.65. The van der Waals surface area contributed by atoms with Crippen LogP contribution < -0.4 is 0 Å². The summed E-state index contributed by atoms with van der Waals surface area (Å²) in [6.45, 7) is 10.7. The number of hydrogen-bond donors (Lipinski definition) is 0. The average Bonchev–Trinajstić information content (AvgIpc) is 3.32. The Bertz CT molecular complexity index is 1130. The van der Waals surface area contributed by atoms with E-state index in [-0.39, 0.29) is 11.8 Å². The highest BCUT2D eigenvalue weighted by atomic mass is 32.2. The van der Waals surface area contributed by atoms with E-state index >= 15 is 0 Å². The van der Waals surface area contributed by atoms with Crippen molar-refractivity contribution in [1.29, 1.82) is 0 Å². The lowest BCUT2D eigenvalue weighted by molar-refractivity contribution is -0.129. The highest BCUT2D eigenvalue weighted by molar-refractivity contribution is 7.99. The lowest BCUT2D eigenvalue weighted by atomic mass is 9.89. The highest BCUT2D eigenvalue weighted by Crippen LogP contribution is 2.40. The fourth-order valence-electron chi connectivity index (χ4n) is 4.79. The zero-order chi connectivity index (χ0) is 21.7. The van der Waals surface area contributed by atoms with Crippen LogP contribution >= 0.6 is 23.1 Å². The smallest absolute Gasteiger partial charge is 0.233 e. The van der Waals surface area contributed by atoms with Gasteiger partial charge in [0.05, 0.1) is 11.1 Å². The zero-order valence-corrected chi connectivity index (χ0v) is 20.5. The number of carbonyl (C=O) groups is 1. The molecule has 1 atom stereocenters. The molecule has 166 valence electrons. The maximum absolute atomic E-state index is 12.8. The van der Waals surface area contributed by atoms with Gasteiger partial charge in [0, 0.05) is 23.9 Å². The summed E-state index contributed by atoms with van der Waals surface area (Å²) >= 11 is 3.34. The van der Waals surface area contributed by atoms with E-state index in [1.165, 1.54) is 34.0 Å². The molecule has 8 heteroatoms. The summed E-state index contributed by atoms with van der Waals surface area (Å²) in [6, 6.07) is 0. The molecule has 1 aliphatic carbocycles. The molecule has 1 saturated heterocycles. The molecule has 1 aliphatic heterocycles. The molecule has 4 heterocycles. The van der Waals surface area contributed by atoms with Crippen LogP contribution in [0.25, 0.3) is 15.9 Å². The topological polar surface area (TPSA) is 63.4 Å². The Labute approximate surface area is 191 Å². The molecule has 6 nitrogen and oxygen atoms in total. The normalized spacial score (nSPS) is 20.2. The van der Waals surface area contributed by atoms with Gasteiger partial charge in [-0.25, -0.2) is 4.98 Å². The fourth-order valence-corrected chi connectivity index (χ4v) is 7.02. The van der Waals surface area contributed by atoms with E-state index in [1.807, 2.05) is 16.2 Å². The maximum atomic E-state index is 12.8. The van der Waals surface area contributed by atoms with Crippen LogP contribution in [0.4, 0.5) is 0 Å². The van der Waals surface area contributed by atoms with Crippen LogP contribution in [0.3, 0.4) is 0 Å². The van der Waals surface area contributed by atoms with E-state index in [9.17, 15) is 4.79 Å². The van der Waals surface area contributed by atoms with Gasteiger partial charge in [0.1, 0.15) is 10.7 Å². The summed E-state index contributed by atoms with van der Waals surface area (Å²) in [5.74, 6) is 3.30. The maximum Gasteiger partial charge on any atom is 0.233 e. The van der Waals surface area contributed by atoms with Crippen molar-refractivity contribution in [2.45, 2.75) is 70.9 Å². The Morgan fingerprint density at radius 3 is 2.68 bits per heavy atom. The van der Waals surface area contributed by atoms with Gasteiger partial charge in [-0.15, -0.1) is 21.5 Å². The molecule has 31 heavy (non-hydrogen) atoms. The molecule has 0 saturated carbocycles. The Morgan fingerprint density at radius 1 is 1.16 bits per heavy atom. The molecule has 0 spiro atoms. The van der Waals surface area contributed by atoms with Gasteiger partial charge in [-0.05, 0) is 49.5 Å². The molecule has 3 aromatic heterocycles. The van der Waals surface area contributed by atoms with Crippen molar-refractivity contribution in [3.63, 3.8) is 0 Å². The first-order valence-corrected chi connectivity index (χ1v) is 13.3. The van der Waals surface area contributed by atoms with E-state index in [1.54, 1.807) is 0 Å². The molecule has 1 fully saturated rings. The van der Waals surface area contributed by atoms with Crippen LogP contribution in [0.1, 0.15) is 69.1 Å². The number of nitrogens with zero attached hydrogens (tertiary/aromatic N) is 5. The first-order chi connectivity index (χ1) is 14.9. The summed E-state index contributed by atoms with van der Waals surface area (Å²) in [7, 11) is 0. The van der Waals surface area contributed by atoms with Gasteiger partial charge in [0.2, 0.25) is 5.91 Å². The molecule has 0 unspecified atom stereocenters. The third kappa shape index (κ3) is 3.86.